The molecule has 0 fully saturated rings. The Hall–Kier alpha value is -9.96. The first kappa shape index (κ1) is 43.8. The van der Waals surface area contributed by atoms with Gasteiger partial charge in [-0.05, 0) is 135 Å². The van der Waals surface area contributed by atoms with Crippen LogP contribution in [0, 0.1) is 0 Å². The van der Waals surface area contributed by atoms with Gasteiger partial charge in [0.05, 0.1) is 27.8 Å². The number of rotatable bonds is 10. The number of aromatic nitrogens is 2. The molecule has 14 aromatic rings. The van der Waals surface area contributed by atoms with E-state index >= 15 is 0 Å². The first-order chi connectivity index (χ1) is 37.2. The van der Waals surface area contributed by atoms with Gasteiger partial charge >= 0.3 is 0 Å². The third kappa shape index (κ3) is 7.60. The van der Waals surface area contributed by atoms with Gasteiger partial charge in [0, 0.05) is 49.9 Å². The van der Waals surface area contributed by atoms with Crippen molar-refractivity contribution in [3.8, 4) is 67.0 Å². The molecule has 0 saturated carbocycles. The number of nitrogens with zero attached hydrogens (tertiary/aromatic N) is 3. The number of benzene rings is 12. The zero-order chi connectivity index (χ0) is 49.7. The van der Waals surface area contributed by atoms with E-state index in [9.17, 15) is 0 Å². The van der Waals surface area contributed by atoms with Crippen LogP contribution in [-0.4, -0.2) is 9.13 Å². The molecule has 75 heavy (non-hydrogen) atoms. The van der Waals surface area contributed by atoms with Crippen LogP contribution in [0.1, 0.15) is 0 Å². The van der Waals surface area contributed by atoms with Crippen molar-refractivity contribution in [2.45, 2.75) is 0 Å². The Balaban J connectivity index is 0.942. The second-order valence-electron chi connectivity index (χ2n) is 19.2. The summed E-state index contributed by atoms with van der Waals surface area (Å²) in [5.41, 5.74) is 22.0. The summed E-state index contributed by atoms with van der Waals surface area (Å²) in [7, 11) is 0. The fourth-order valence-corrected chi connectivity index (χ4v) is 11.6. The number of anilines is 3. The summed E-state index contributed by atoms with van der Waals surface area (Å²) in [6, 6.07) is 108. The standard InChI is InChI=1S/C72H49N3/c1-4-22-50(23-5-1)58-30-10-11-31-60(58)61-32-12-13-33-62(61)63-34-14-17-38-67(63)73(56-45-42-51(43-46-56)59-37-21-41-71-72(59)65-36-16-19-40-69(65)75(71)55-27-8-3-9-28-55)57-29-20-24-52(48-57)53-44-47-70-66(49-53)64-35-15-18-39-68(64)74(70)54-25-6-2-7-26-54/h1-49H. The van der Waals surface area contributed by atoms with Gasteiger partial charge in [-0.1, -0.05) is 212 Å². The molecule has 0 aliphatic carbocycles. The van der Waals surface area contributed by atoms with Crippen LogP contribution in [0.25, 0.3) is 111 Å². The van der Waals surface area contributed by atoms with Crippen LogP contribution in [0.4, 0.5) is 17.1 Å². The highest BCUT2D eigenvalue weighted by atomic mass is 15.1. The summed E-state index contributed by atoms with van der Waals surface area (Å²) in [5, 5.41) is 4.94. The van der Waals surface area contributed by atoms with Crippen LogP contribution < -0.4 is 4.90 Å². The van der Waals surface area contributed by atoms with Crippen molar-refractivity contribution in [1.82, 2.24) is 9.13 Å². The summed E-state index contributed by atoms with van der Waals surface area (Å²) >= 11 is 0. The minimum Gasteiger partial charge on any atom is -0.310 e. The summed E-state index contributed by atoms with van der Waals surface area (Å²) in [5.74, 6) is 0. The molecule has 0 spiro atoms. The van der Waals surface area contributed by atoms with E-state index in [1.807, 2.05) is 0 Å². The van der Waals surface area contributed by atoms with E-state index in [1.165, 1.54) is 71.4 Å². The molecule has 14 rings (SSSR count). The monoisotopic (exact) mass is 955 g/mol. The normalized spacial score (nSPS) is 11.5. The van der Waals surface area contributed by atoms with Gasteiger partial charge < -0.3 is 14.0 Å². The van der Waals surface area contributed by atoms with Crippen LogP contribution in [0.15, 0.2) is 297 Å². The first-order valence-electron chi connectivity index (χ1n) is 25.8. The quantitative estimate of drug-likeness (QED) is 0.133. The molecule has 0 unspecified atom stereocenters. The van der Waals surface area contributed by atoms with Crippen molar-refractivity contribution >= 4 is 60.7 Å². The average Bonchev–Trinajstić information content (AvgIpc) is 4.03. The molecule has 0 aliphatic rings. The first-order valence-corrected chi connectivity index (χ1v) is 25.8. The van der Waals surface area contributed by atoms with Crippen molar-refractivity contribution in [2.24, 2.45) is 0 Å². The van der Waals surface area contributed by atoms with Crippen molar-refractivity contribution in [3.63, 3.8) is 0 Å². The lowest BCUT2D eigenvalue weighted by Crippen LogP contribution is -2.11. The van der Waals surface area contributed by atoms with Gasteiger partial charge in [0.1, 0.15) is 0 Å². The summed E-state index contributed by atoms with van der Waals surface area (Å²) in [4.78, 5) is 2.45. The average molecular weight is 956 g/mol. The third-order valence-electron chi connectivity index (χ3n) is 14.9. The largest absolute Gasteiger partial charge is 0.310 e. The molecule has 0 amide bonds. The topological polar surface area (TPSA) is 13.1 Å². The fourth-order valence-electron chi connectivity index (χ4n) is 11.6. The molecule has 3 heteroatoms. The van der Waals surface area contributed by atoms with E-state index in [0.717, 1.165) is 56.3 Å². The van der Waals surface area contributed by atoms with E-state index in [1.54, 1.807) is 0 Å². The summed E-state index contributed by atoms with van der Waals surface area (Å²) < 4.78 is 4.77. The molecule has 0 saturated heterocycles. The molecule has 3 nitrogen and oxygen atoms in total. The Morgan fingerprint density at radius 1 is 0.227 bits per heavy atom. The second kappa shape index (κ2) is 18.6. The summed E-state index contributed by atoms with van der Waals surface area (Å²) in [6.07, 6.45) is 0. The summed E-state index contributed by atoms with van der Waals surface area (Å²) in [6.45, 7) is 0. The van der Waals surface area contributed by atoms with E-state index in [0.29, 0.717) is 0 Å². The van der Waals surface area contributed by atoms with Crippen molar-refractivity contribution in [3.05, 3.63) is 297 Å². The van der Waals surface area contributed by atoms with Crippen molar-refractivity contribution in [2.75, 3.05) is 4.90 Å². The highest BCUT2D eigenvalue weighted by molar-refractivity contribution is 6.16. The maximum Gasteiger partial charge on any atom is 0.0547 e. The lowest BCUT2D eigenvalue weighted by molar-refractivity contribution is 1.18. The molecule has 2 aromatic heterocycles. The third-order valence-corrected chi connectivity index (χ3v) is 14.9. The van der Waals surface area contributed by atoms with Gasteiger partial charge in [0.2, 0.25) is 0 Å². The molecule has 0 atom stereocenters. The number of para-hydroxylation sites is 5. The molecule has 2 heterocycles. The maximum absolute atomic E-state index is 2.45. The van der Waals surface area contributed by atoms with Crippen LogP contribution in [0.5, 0.6) is 0 Å². The predicted octanol–water partition coefficient (Wildman–Crippen LogP) is 19.7. The lowest BCUT2D eigenvalue weighted by atomic mass is 9.88. The van der Waals surface area contributed by atoms with Crippen LogP contribution >= 0.6 is 0 Å². The second-order valence-corrected chi connectivity index (χ2v) is 19.2. The Morgan fingerprint density at radius 3 is 1.37 bits per heavy atom. The van der Waals surface area contributed by atoms with Gasteiger partial charge in [-0.15, -0.1) is 0 Å². The fraction of sp³-hybridized carbons (Fsp3) is 0. The Bertz CT molecular complexity index is 4400. The van der Waals surface area contributed by atoms with E-state index in [-0.39, 0.29) is 0 Å². The minimum atomic E-state index is 1.06. The number of fused-ring (bicyclic) bond motifs is 6. The lowest BCUT2D eigenvalue weighted by Gasteiger charge is -2.29. The predicted molar refractivity (Wildman–Crippen MR) is 317 cm³/mol. The van der Waals surface area contributed by atoms with Gasteiger partial charge in [0.15, 0.2) is 0 Å². The van der Waals surface area contributed by atoms with Gasteiger partial charge in [0.25, 0.3) is 0 Å². The van der Waals surface area contributed by atoms with Gasteiger partial charge in [-0.2, -0.15) is 0 Å². The highest BCUT2D eigenvalue weighted by Crippen LogP contribution is 2.47. The van der Waals surface area contributed by atoms with Crippen molar-refractivity contribution < 1.29 is 0 Å². The molecule has 352 valence electrons. The molecular formula is C72H49N3. The smallest absolute Gasteiger partial charge is 0.0547 e. The molecular weight excluding hydrogens is 907 g/mol. The Morgan fingerprint density at radius 2 is 0.667 bits per heavy atom. The van der Waals surface area contributed by atoms with Gasteiger partial charge in [-0.3, -0.25) is 0 Å². The molecule has 0 radical (unpaired) electrons. The zero-order valence-electron chi connectivity index (χ0n) is 41.1. The van der Waals surface area contributed by atoms with Crippen molar-refractivity contribution in [1.29, 1.82) is 0 Å². The minimum absolute atomic E-state index is 1.06. The molecule has 12 aromatic carbocycles. The van der Waals surface area contributed by atoms with E-state index < -0.39 is 0 Å². The van der Waals surface area contributed by atoms with E-state index in [4.69, 9.17) is 0 Å². The van der Waals surface area contributed by atoms with Crippen LogP contribution in [0.3, 0.4) is 0 Å². The maximum atomic E-state index is 2.45. The number of hydrogen-bond acceptors (Lipinski definition) is 1. The van der Waals surface area contributed by atoms with Crippen LogP contribution in [-0.2, 0) is 0 Å². The zero-order valence-corrected chi connectivity index (χ0v) is 41.1. The molecule has 0 N–H and O–H groups in total. The van der Waals surface area contributed by atoms with E-state index in [2.05, 4.69) is 311 Å². The molecule has 0 bridgehead atoms. The SMILES string of the molecule is c1ccc(-c2ccccc2-c2ccccc2-c2ccccc2N(c2ccc(-c3cccc4c3c3ccccc3n4-c3ccccc3)cc2)c2cccc(-c3ccc4c(c3)c3ccccc3n4-c3ccccc3)c2)cc1. The number of hydrogen-bond donors (Lipinski definition) is 0. The molecule has 0 aliphatic heterocycles. The van der Waals surface area contributed by atoms with Crippen LogP contribution in [0.2, 0.25) is 0 Å². The Kier molecular flexibility index (Phi) is 10.8. The highest BCUT2D eigenvalue weighted by Gasteiger charge is 2.22. The Labute approximate surface area is 436 Å². The van der Waals surface area contributed by atoms with Gasteiger partial charge in [-0.25, -0.2) is 0 Å².